The molecule has 1 aliphatic heterocycles. The highest BCUT2D eigenvalue weighted by atomic mass is 16.5. The summed E-state index contributed by atoms with van der Waals surface area (Å²) in [6, 6.07) is 2.04. The van der Waals surface area contributed by atoms with Gasteiger partial charge in [-0.05, 0) is 25.5 Å². The van der Waals surface area contributed by atoms with Gasteiger partial charge >= 0.3 is 0 Å². The third-order valence-electron chi connectivity index (χ3n) is 2.76. The molecule has 16 heavy (non-hydrogen) atoms. The van der Waals surface area contributed by atoms with Crippen LogP contribution in [0.25, 0.3) is 0 Å². The van der Waals surface area contributed by atoms with Gasteiger partial charge in [-0.25, -0.2) is 0 Å². The molecule has 88 valence electrons. The highest BCUT2D eigenvalue weighted by Gasteiger charge is 2.03. The fourth-order valence-electron chi connectivity index (χ4n) is 1.82. The lowest BCUT2D eigenvalue weighted by Crippen LogP contribution is -2.17. The van der Waals surface area contributed by atoms with Gasteiger partial charge in [0.1, 0.15) is 0 Å². The summed E-state index contributed by atoms with van der Waals surface area (Å²) in [5.41, 5.74) is 2.61. The first kappa shape index (κ1) is 11.4. The zero-order chi connectivity index (χ0) is 11.2. The van der Waals surface area contributed by atoms with Crippen LogP contribution in [0.5, 0.6) is 0 Å². The lowest BCUT2D eigenvalue weighted by atomic mass is 10.1. The average Bonchev–Trinajstić information content (AvgIpc) is 2.72. The van der Waals surface area contributed by atoms with E-state index in [-0.39, 0.29) is 0 Å². The van der Waals surface area contributed by atoms with Crippen LogP contribution >= 0.6 is 0 Å². The summed E-state index contributed by atoms with van der Waals surface area (Å²) < 4.78 is 7.10. The first-order chi connectivity index (χ1) is 7.84. The van der Waals surface area contributed by atoms with Crippen molar-refractivity contribution < 1.29 is 4.74 Å². The van der Waals surface area contributed by atoms with Crippen molar-refractivity contribution in [2.24, 2.45) is 7.05 Å². The van der Waals surface area contributed by atoms with E-state index >= 15 is 0 Å². The van der Waals surface area contributed by atoms with Gasteiger partial charge in [-0.15, -0.1) is 0 Å². The molecule has 0 fully saturated rings. The minimum absolute atomic E-state index is 0.787. The SMILES string of the molecule is Cn1ccc(CNCCC2=CCOCC2)n1. The molecule has 1 aromatic heterocycles. The molecule has 0 radical (unpaired) electrons. The zero-order valence-electron chi connectivity index (χ0n) is 9.78. The summed E-state index contributed by atoms with van der Waals surface area (Å²) in [5, 5.41) is 7.72. The lowest BCUT2D eigenvalue weighted by molar-refractivity contribution is 0.153. The molecule has 4 heteroatoms. The minimum atomic E-state index is 0.787. The highest BCUT2D eigenvalue weighted by Crippen LogP contribution is 2.10. The predicted molar refractivity (Wildman–Crippen MR) is 63.1 cm³/mol. The number of aromatic nitrogens is 2. The van der Waals surface area contributed by atoms with Crippen molar-refractivity contribution in [2.45, 2.75) is 19.4 Å². The van der Waals surface area contributed by atoms with Gasteiger partial charge in [-0.1, -0.05) is 11.6 Å². The third-order valence-corrected chi connectivity index (χ3v) is 2.76. The number of hydrogen-bond donors (Lipinski definition) is 1. The predicted octanol–water partition coefficient (Wildman–Crippen LogP) is 1.25. The smallest absolute Gasteiger partial charge is 0.0762 e. The van der Waals surface area contributed by atoms with Crippen LogP contribution in [0.4, 0.5) is 0 Å². The Morgan fingerprint density at radius 3 is 3.19 bits per heavy atom. The minimum Gasteiger partial charge on any atom is -0.377 e. The Labute approximate surface area is 96.3 Å². The van der Waals surface area contributed by atoms with E-state index in [0.29, 0.717) is 0 Å². The zero-order valence-corrected chi connectivity index (χ0v) is 9.78. The molecule has 0 aliphatic carbocycles. The summed E-state index contributed by atoms with van der Waals surface area (Å²) >= 11 is 0. The van der Waals surface area contributed by atoms with Crippen molar-refractivity contribution in [3.63, 3.8) is 0 Å². The van der Waals surface area contributed by atoms with E-state index in [1.165, 1.54) is 5.57 Å². The van der Waals surface area contributed by atoms with E-state index < -0.39 is 0 Å². The molecule has 0 saturated heterocycles. The molecule has 0 spiro atoms. The molecule has 0 aromatic carbocycles. The molecule has 0 saturated carbocycles. The average molecular weight is 221 g/mol. The fourth-order valence-corrected chi connectivity index (χ4v) is 1.82. The number of nitrogens with one attached hydrogen (secondary N) is 1. The Morgan fingerprint density at radius 1 is 1.56 bits per heavy atom. The second kappa shape index (κ2) is 5.82. The van der Waals surface area contributed by atoms with Gasteiger partial charge in [0, 0.05) is 19.8 Å². The van der Waals surface area contributed by atoms with Crippen LogP contribution in [0.3, 0.4) is 0 Å². The number of ether oxygens (including phenoxy) is 1. The summed E-state index contributed by atoms with van der Waals surface area (Å²) in [6.45, 7) is 3.54. The molecule has 0 atom stereocenters. The molecule has 0 unspecified atom stereocenters. The van der Waals surface area contributed by atoms with Crippen molar-refractivity contribution in [3.8, 4) is 0 Å². The summed E-state index contributed by atoms with van der Waals surface area (Å²) in [4.78, 5) is 0. The van der Waals surface area contributed by atoms with Crippen molar-refractivity contribution in [1.29, 1.82) is 0 Å². The molecule has 1 aliphatic rings. The maximum Gasteiger partial charge on any atom is 0.0762 e. The molecule has 2 rings (SSSR count). The Kier molecular flexibility index (Phi) is 4.13. The van der Waals surface area contributed by atoms with E-state index in [2.05, 4.69) is 16.5 Å². The van der Waals surface area contributed by atoms with E-state index in [9.17, 15) is 0 Å². The van der Waals surface area contributed by atoms with Crippen molar-refractivity contribution in [3.05, 3.63) is 29.6 Å². The molecule has 1 aromatic rings. The Balaban J connectivity index is 1.63. The van der Waals surface area contributed by atoms with Gasteiger partial charge in [-0.3, -0.25) is 4.68 Å². The topological polar surface area (TPSA) is 39.1 Å². The summed E-state index contributed by atoms with van der Waals surface area (Å²) in [5.74, 6) is 0. The maximum absolute atomic E-state index is 5.27. The van der Waals surface area contributed by atoms with Gasteiger partial charge in [-0.2, -0.15) is 5.10 Å². The monoisotopic (exact) mass is 221 g/mol. The first-order valence-electron chi connectivity index (χ1n) is 5.79. The van der Waals surface area contributed by atoms with E-state index in [4.69, 9.17) is 4.74 Å². The number of hydrogen-bond acceptors (Lipinski definition) is 3. The Hall–Kier alpha value is -1.13. The molecule has 0 bridgehead atoms. The number of rotatable bonds is 5. The third kappa shape index (κ3) is 3.47. The molecule has 1 N–H and O–H groups in total. The largest absolute Gasteiger partial charge is 0.377 e. The summed E-state index contributed by atoms with van der Waals surface area (Å²) in [7, 11) is 1.94. The molecule has 2 heterocycles. The van der Waals surface area contributed by atoms with E-state index in [0.717, 1.165) is 44.8 Å². The highest BCUT2D eigenvalue weighted by molar-refractivity contribution is 5.05. The second-order valence-corrected chi connectivity index (χ2v) is 4.09. The van der Waals surface area contributed by atoms with Crippen LogP contribution in [-0.4, -0.2) is 29.5 Å². The van der Waals surface area contributed by atoms with Crippen LogP contribution in [0, 0.1) is 0 Å². The van der Waals surface area contributed by atoms with Crippen LogP contribution < -0.4 is 5.32 Å². The lowest BCUT2D eigenvalue weighted by Gasteiger charge is -2.13. The summed E-state index contributed by atoms with van der Waals surface area (Å²) in [6.07, 6.45) is 6.38. The van der Waals surface area contributed by atoms with Gasteiger partial charge in [0.15, 0.2) is 0 Å². The van der Waals surface area contributed by atoms with Crippen LogP contribution in [0.15, 0.2) is 23.9 Å². The second-order valence-electron chi connectivity index (χ2n) is 4.09. The Morgan fingerprint density at radius 2 is 2.50 bits per heavy atom. The van der Waals surface area contributed by atoms with Crippen LogP contribution in [-0.2, 0) is 18.3 Å². The van der Waals surface area contributed by atoms with Gasteiger partial charge in [0.2, 0.25) is 0 Å². The molecule has 0 amide bonds. The van der Waals surface area contributed by atoms with E-state index in [1.807, 2.05) is 24.0 Å². The standard InChI is InChI=1S/C12H19N3O/c1-15-7-3-12(14-15)10-13-6-2-11-4-8-16-9-5-11/h3-4,7,13H,2,5-6,8-10H2,1H3. The first-order valence-corrected chi connectivity index (χ1v) is 5.79. The Bertz CT molecular complexity index is 357. The van der Waals surface area contributed by atoms with Crippen molar-refractivity contribution >= 4 is 0 Å². The van der Waals surface area contributed by atoms with Gasteiger partial charge < -0.3 is 10.1 Å². The van der Waals surface area contributed by atoms with Crippen LogP contribution in [0.1, 0.15) is 18.5 Å². The van der Waals surface area contributed by atoms with Gasteiger partial charge in [0.05, 0.1) is 18.9 Å². The quantitative estimate of drug-likeness (QED) is 0.601. The van der Waals surface area contributed by atoms with E-state index in [1.54, 1.807) is 0 Å². The van der Waals surface area contributed by atoms with Crippen molar-refractivity contribution in [2.75, 3.05) is 19.8 Å². The maximum atomic E-state index is 5.27. The molecule has 4 nitrogen and oxygen atoms in total. The van der Waals surface area contributed by atoms with Crippen LogP contribution in [0.2, 0.25) is 0 Å². The number of aryl methyl sites for hydroxylation is 1. The molecular formula is C12H19N3O. The van der Waals surface area contributed by atoms with Gasteiger partial charge in [0.25, 0.3) is 0 Å². The molecular weight excluding hydrogens is 202 g/mol. The van der Waals surface area contributed by atoms with Crippen molar-refractivity contribution in [1.82, 2.24) is 15.1 Å². The number of nitrogens with zero attached hydrogens (tertiary/aromatic N) is 2. The normalized spacial score (nSPS) is 16.2. The fraction of sp³-hybridized carbons (Fsp3) is 0.583.